The van der Waals surface area contributed by atoms with Gasteiger partial charge in [-0.25, -0.2) is 26.5 Å². The van der Waals surface area contributed by atoms with Crippen molar-refractivity contribution in [3.63, 3.8) is 0 Å². The van der Waals surface area contributed by atoms with E-state index in [0.717, 1.165) is 32.9 Å². The normalized spacial score (nSPS) is 25.7. The fourth-order valence-corrected chi connectivity index (χ4v) is 24.9. The first-order chi connectivity index (χ1) is 64.0. The van der Waals surface area contributed by atoms with Crippen LogP contribution in [0.25, 0.3) is 0 Å². The van der Waals surface area contributed by atoms with Crippen molar-refractivity contribution in [2.45, 2.75) is 200 Å². The van der Waals surface area contributed by atoms with Gasteiger partial charge in [0.25, 0.3) is 23.6 Å². The van der Waals surface area contributed by atoms with Gasteiger partial charge >= 0.3 is 122 Å². The number of hydrogen-bond acceptors (Lipinski definition) is 46. The summed E-state index contributed by atoms with van der Waals surface area (Å²) < 4.78 is 148. The Labute approximate surface area is 807 Å². The zero-order valence-electron chi connectivity index (χ0n) is 77.8. The maximum Gasteiger partial charge on any atom is 0.451 e. The van der Waals surface area contributed by atoms with E-state index in [1.54, 1.807) is 6.92 Å². The van der Waals surface area contributed by atoms with Crippen molar-refractivity contribution >= 4 is 146 Å². The Kier molecular flexibility index (Phi) is 48.9. The first-order valence-corrected chi connectivity index (χ1v) is 51.1. The number of nitrogens with two attached hydrogens (primary N) is 14. The molecule has 0 spiro atoms. The van der Waals surface area contributed by atoms with Gasteiger partial charge in [-0.1, -0.05) is 39.0 Å². The number of carboxylic acid groups (broad SMARTS) is 5. The monoisotopic (exact) mass is 2100 g/mol. The van der Waals surface area contributed by atoms with Crippen molar-refractivity contribution < 1.29 is 170 Å². The molecule has 0 bridgehead atoms. The Morgan fingerprint density at radius 1 is 0.432 bits per heavy atom. The lowest BCUT2D eigenvalue weighted by Crippen LogP contribution is -2.58. The van der Waals surface area contributed by atoms with Crippen LogP contribution in [0.2, 0.25) is 31.6 Å². The number of carbonyl (C=O) groups excluding carboxylic acids is 4. The molecular formula is C68H140B5N25O36S5. The van der Waals surface area contributed by atoms with Gasteiger partial charge in [0.1, 0.15) is 34.0 Å². The molecule has 6 fully saturated rings. The number of nitrogens with zero attached hydrogens (tertiary/aromatic N) is 11. The zero-order chi connectivity index (χ0) is 107. The minimum atomic E-state index is -4.39. The molecule has 1 aromatic heterocycles. The molecule has 0 aromatic carbocycles. The molecule has 7 heterocycles. The van der Waals surface area contributed by atoms with Crippen molar-refractivity contribution in [1.82, 2.24) is 43.7 Å². The third-order valence-electron chi connectivity index (χ3n) is 24.5. The van der Waals surface area contributed by atoms with E-state index in [2.05, 4.69) is 4.98 Å². The van der Waals surface area contributed by atoms with Gasteiger partial charge in [0.15, 0.2) is 0 Å². The van der Waals surface area contributed by atoms with E-state index in [4.69, 9.17) is 140 Å². The summed E-state index contributed by atoms with van der Waals surface area (Å²) in [6, 6.07) is -7.21. The smallest absolute Gasteiger partial charge is 0.451 e. The second kappa shape index (κ2) is 53.8. The number of hydrogen-bond donors (Lipinski definition) is 29. The third-order valence-corrected chi connectivity index (χ3v) is 34.0. The lowest BCUT2D eigenvalue weighted by Gasteiger charge is -2.32. The van der Waals surface area contributed by atoms with Gasteiger partial charge in [0, 0.05) is 147 Å². The molecule has 6 aliphatic heterocycles. The maximum absolute atomic E-state index is 13.5. The minimum Gasteiger partial charge on any atom is -0.480 e. The predicted molar refractivity (Wildman–Crippen MR) is 498 cm³/mol. The average Bonchev–Trinajstić information content (AvgIpc) is 1.61. The number of amides is 4. The topological polar surface area (TPSA) is 1060 Å². The fourth-order valence-electron chi connectivity index (χ4n) is 16.2. The lowest BCUT2D eigenvalue weighted by molar-refractivity contribution is -0.145. The molecule has 0 radical (unpaired) electrons. The van der Waals surface area contributed by atoms with Crippen LogP contribution in [0.1, 0.15) is 98.3 Å². The number of carbonyl (C=O) groups is 9. The minimum absolute atomic E-state index is 0.000900. The van der Waals surface area contributed by atoms with Crippen LogP contribution in [-0.4, -0.2) is 446 Å². The van der Waals surface area contributed by atoms with E-state index in [-0.39, 0.29) is 187 Å². The van der Waals surface area contributed by atoms with E-state index >= 15 is 0 Å². The van der Waals surface area contributed by atoms with Crippen LogP contribution in [-0.2, 0) is 98.9 Å². The highest BCUT2D eigenvalue weighted by Crippen LogP contribution is 2.40. The summed E-state index contributed by atoms with van der Waals surface area (Å²) in [5, 5.41) is 137. The van der Waals surface area contributed by atoms with Gasteiger partial charge in [-0.2, -0.15) is 63.6 Å². The lowest BCUT2D eigenvalue weighted by atomic mass is 9.78. The van der Waals surface area contributed by atoms with Crippen molar-refractivity contribution in [3.05, 3.63) is 12.5 Å². The molecular weight excluding hydrogens is 1960 g/mol. The van der Waals surface area contributed by atoms with Crippen LogP contribution in [0, 0.1) is 29.6 Å². The highest BCUT2D eigenvalue weighted by atomic mass is 32.2. The maximum atomic E-state index is 13.5. The molecule has 6 saturated heterocycles. The van der Waals surface area contributed by atoms with Crippen LogP contribution in [0.5, 0.6) is 0 Å². The molecule has 43 N–H and O–H groups in total. The van der Waals surface area contributed by atoms with Crippen LogP contribution < -0.4 is 84.6 Å². The van der Waals surface area contributed by atoms with Crippen LogP contribution in [0.3, 0.4) is 0 Å². The van der Waals surface area contributed by atoms with Crippen molar-refractivity contribution in [2.75, 3.05) is 129 Å². The standard InChI is InChI=1S/C15H26BN5O8S.2C14H30BN5O7S.C13H28BN5O7S.C12H26BN5O7S/c17-11-7-28-8-12(11)21(14-19-4-5-29-14)30(26,27)20-6-10(2-1-3-16(24)25)15(18,9-20)13(22)23;1-9(2)20(12(21)11(17)6-16)28(26,27)19-7-10(4-3-5-15(24)25)14(18,8-19)13(22)23;1-2-6-20(12(21)11(17)7-16)28(26,27)19-8-10(4-3-5-15(24)25)14(18,9-19)13(22)23;1-2-19(11(20)10(16)6-15)27(25,26)18-7-9(4-3-5-14(23)24)13(17,8-18)12(21)22;1-17(10(19)9(15)5-14)26(24,25)18-6-8(3-2-4-13(22)23)12(16,7-18)11(20)21/h4-5,10-12,24-25H,1-3,6-9,17-18H2,(H,22,23);9-11,24-25H,3-8,16-18H2,1-2H3,(H,22,23);10-11,24-25H,2-9,16-18H2,1H3,(H,22,23);9-10,23-24H,2-8,15-17H2,1H3,(H,21,22);8-9,22-23H,2-7,14-16H2,1H3,(H,20,21)/t10-,11?,12?,15-;2*10-,11?,14-;9-,10?,13-;8-,9?,12-/m00000/s1. The molecule has 1 aromatic rings. The quantitative estimate of drug-likeness (QED) is 0.0269. The number of carboxylic acids is 5. The largest absolute Gasteiger partial charge is 0.480 e. The van der Waals surface area contributed by atoms with Crippen LogP contribution >= 0.6 is 0 Å². The first-order valence-electron chi connectivity index (χ1n) is 44.1. The number of likely N-dealkylation sites (N-methyl/N-ethyl adjacent to an activating group) is 2. The number of rotatable bonds is 49. The Bertz CT molecular complexity index is 4810. The zero-order valence-corrected chi connectivity index (χ0v) is 81.9. The Morgan fingerprint density at radius 2 is 0.705 bits per heavy atom. The molecule has 71 heteroatoms. The molecule has 798 valence electrons. The molecule has 16 atom stereocenters. The van der Waals surface area contributed by atoms with Crippen LogP contribution in [0.15, 0.2) is 16.9 Å². The summed E-state index contributed by atoms with van der Waals surface area (Å²) in [7, 11) is -28.4. The molecule has 0 saturated carbocycles. The van der Waals surface area contributed by atoms with Crippen molar-refractivity contribution in [3.8, 4) is 0 Å². The van der Waals surface area contributed by atoms with Crippen molar-refractivity contribution in [2.24, 2.45) is 110 Å². The van der Waals surface area contributed by atoms with E-state index in [1.165, 1.54) is 33.2 Å². The van der Waals surface area contributed by atoms with Gasteiger partial charge in [-0.3, -0.25) is 43.2 Å². The molecule has 6 aliphatic rings. The highest BCUT2D eigenvalue weighted by molar-refractivity contribution is 7.90. The molecule has 7 rings (SSSR count). The number of aromatic nitrogens is 1. The van der Waals surface area contributed by atoms with E-state index in [9.17, 15) is 111 Å². The highest BCUT2D eigenvalue weighted by Gasteiger charge is 2.60. The summed E-state index contributed by atoms with van der Waals surface area (Å²) >= 11 is 0. The Hall–Kier alpha value is -6.89. The fraction of sp³-hybridized carbons (Fsp3) is 0.824. The molecule has 6 unspecified atom stereocenters. The van der Waals surface area contributed by atoms with Gasteiger partial charge in [-0.05, 0) is 90.9 Å². The molecule has 139 heavy (non-hydrogen) atoms. The molecule has 4 amide bonds. The number of ether oxygens (including phenoxy) is 1. The van der Waals surface area contributed by atoms with Crippen molar-refractivity contribution in [1.29, 1.82) is 0 Å². The van der Waals surface area contributed by atoms with E-state index in [0.29, 0.717) is 23.6 Å². The summed E-state index contributed by atoms with van der Waals surface area (Å²) in [5.41, 5.74) is 70.4. The molecule has 61 nitrogen and oxygen atoms in total. The first kappa shape index (κ1) is 126. The van der Waals surface area contributed by atoms with Gasteiger partial charge < -0.3 is 165 Å². The number of anilines is 1. The second-order valence-electron chi connectivity index (χ2n) is 35.0. The predicted octanol–water partition coefficient (Wildman–Crippen LogP) is -16.9. The summed E-state index contributed by atoms with van der Waals surface area (Å²) in [6.07, 6.45) is 5.03. The van der Waals surface area contributed by atoms with Gasteiger partial charge in [0.2, 0.25) is 0 Å². The second-order valence-corrected chi connectivity index (χ2v) is 44.2. The summed E-state index contributed by atoms with van der Waals surface area (Å²) in [6.45, 7) is 1.42. The Balaban J connectivity index is 0.000000447. The Morgan fingerprint density at radius 3 is 0.957 bits per heavy atom. The van der Waals surface area contributed by atoms with E-state index in [1.807, 2.05) is 0 Å². The molecule has 0 aliphatic carbocycles. The third kappa shape index (κ3) is 31.8. The number of aliphatic carboxylic acids is 5. The SMILES string of the molecule is CC(C)N(C(=O)C(N)CN)S(=O)(=O)N1C[C@H](CCCB(O)O)[C@](N)(C(=O)O)C1.CCCN(C(=O)C(N)CN)S(=O)(=O)N1C[C@H](CCCB(O)O)[C@](N)(C(=O)O)C1.CCN(C(=O)C(N)CN)S(=O)(=O)N1C[C@H](CCCB(O)O)[C@](N)(C(=O)O)C1.CN(C(=O)C(N)CN)S(=O)(=O)N1C[C@H](CCCB(O)O)[C@](N)(C(=O)O)C1.NC1COCC1N(c1ncco1)S(=O)(=O)N1C[C@H](CCCB(O)O)[C@](N)(C(=O)O)C1. The van der Waals surface area contributed by atoms with Gasteiger partial charge in [0.05, 0.1) is 55.7 Å². The van der Waals surface area contributed by atoms with Crippen LogP contribution in [0.4, 0.5) is 6.01 Å². The average molecular weight is 2100 g/mol. The van der Waals surface area contributed by atoms with E-state index < -0.39 is 272 Å². The van der Waals surface area contributed by atoms with Gasteiger partial charge in [-0.15, -0.1) is 0 Å². The summed E-state index contributed by atoms with van der Waals surface area (Å²) in [5.74, 6) is -14.2. The summed E-state index contributed by atoms with van der Waals surface area (Å²) in [4.78, 5) is 112. The number of oxazole rings is 1.